The van der Waals surface area contributed by atoms with E-state index in [9.17, 15) is 8.78 Å². The third-order valence-electron chi connectivity index (χ3n) is 3.75. The largest absolute Gasteiger partial charge is 0.487 e. The number of anilines is 4. The first-order valence-electron chi connectivity index (χ1n) is 9.07. The highest BCUT2D eigenvalue weighted by Crippen LogP contribution is 2.27. The fourth-order valence-corrected chi connectivity index (χ4v) is 2.67. The van der Waals surface area contributed by atoms with Crippen molar-refractivity contribution in [3.63, 3.8) is 0 Å². The van der Waals surface area contributed by atoms with E-state index < -0.39 is 5.57 Å². The summed E-state index contributed by atoms with van der Waals surface area (Å²) in [5.41, 5.74) is -3.41. The minimum atomic E-state index is -3.76. The van der Waals surface area contributed by atoms with Gasteiger partial charge >= 0.3 is 5.57 Å². The third kappa shape index (κ3) is 6.82. The lowest BCUT2D eigenvalue weighted by molar-refractivity contribution is -0.0964. The van der Waals surface area contributed by atoms with Crippen molar-refractivity contribution in [3.8, 4) is 5.75 Å². The molecule has 11 heteroatoms. The zero-order valence-electron chi connectivity index (χ0n) is 16.4. The van der Waals surface area contributed by atoms with Crippen molar-refractivity contribution in [1.82, 2.24) is 15.0 Å². The Kier molecular flexibility index (Phi) is 6.23. The van der Waals surface area contributed by atoms with Crippen molar-refractivity contribution in [2.75, 3.05) is 41.8 Å². The number of ether oxygens (including phenoxy) is 2. The summed E-state index contributed by atoms with van der Waals surface area (Å²) in [7, 11) is 0. The summed E-state index contributed by atoms with van der Waals surface area (Å²) < 4.78 is 35.2. The van der Waals surface area contributed by atoms with E-state index in [4.69, 9.17) is 16.3 Å². The van der Waals surface area contributed by atoms with Crippen LogP contribution in [0.3, 0.4) is 0 Å². The van der Waals surface area contributed by atoms with Gasteiger partial charge in [0, 0.05) is 35.9 Å². The number of benzene rings is 1. The van der Waals surface area contributed by atoms with E-state index in [-0.39, 0.29) is 11.3 Å². The number of nitrogens with one attached hydrogen (secondary N) is 2. The molecule has 158 valence electrons. The lowest BCUT2D eigenvalue weighted by Gasteiger charge is -2.28. The van der Waals surface area contributed by atoms with Crippen molar-refractivity contribution in [2.24, 2.45) is 0 Å². The Hall–Kier alpha value is -2.46. The second-order valence-electron chi connectivity index (χ2n) is 7.45. The fourth-order valence-electron chi connectivity index (χ4n) is 2.59. The lowest BCUT2D eigenvalue weighted by atomic mass is 10.1. The number of hydrogen-bond acceptors (Lipinski definition) is 8. The monoisotopic (exact) mass is 428 g/mol. The van der Waals surface area contributed by atoms with Crippen molar-refractivity contribution in [1.29, 1.82) is 0 Å². The summed E-state index contributed by atoms with van der Waals surface area (Å²) in [6.07, 6.45) is 0. The Morgan fingerprint density at radius 3 is 2.24 bits per heavy atom. The van der Waals surface area contributed by atoms with Crippen LogP contribution in [0.25, 0.3) is 0 Å². The van der Waals surface area contributed by atoms with Crippen LogP contribution in [0.1, 0.15) is 20.8 Å². The topological polar surface area (TPSA) is 84.4 Å². The Labute approximate surface area is 172 Å². The lowest BCUT2D eigenvalue weighted by Crippen LogP contribution is -2.38. The highest BCUT2D eigenvalue weighted by Gasteiger charge is 2.27. The van der Waals surface area contributed by atoms with Crippen LogP contribution < -0.4 is 20.3 Å². The molecule has 1 aliphatic heterocycles. The van der Waals surface area contributed by atoms with E-state index in [0.717, 1.165) is 0 Å². The molecule has 0 saturated carbocycles. The summed E-state index contributed by atoms with van der Waals surface area (Å²) >= 11 is 4.78. The van der Waals surface area contributed by atoms with E-state index in [2.05, 4.69) is 30.3 Å². The molecule has 2 aromatic rings. The van der Waals surface area contributed by atoms with Crippen molar-refractivity contribution in [3.05, 3.63) is 24.3 Å². The molecule has 2 heterocycles. The van der Waals surface area contributed by atoms with Gasteiger partial charge < -0.3 is 25.0 Å². The predicted molar refractivity (Wildman–Crippen MR) is 107 cm³/mol. The van der Waals surface area contributed by atoms with Crippen LogP contribution in [-0.2, 0) is 4.74 Å². The van der Waals surface area contributed by atoms with Gasteiger partial charge in [0.1, 0.15) is 5.75 Å². The van der Waals surface area contributed by atoms with Crippen LogP contribution in [-0.4, -0.2) is 52.4 Å². The molecule has 1 fully saturated rings. The standard InChI is InChI=1S/C18H23ClF2N6O2/c1-17(2,3)26-15-23-14(24-16(25-15)27-8-10-28-11-9-27)22-12-4-6-13(7-5-12)29-18(19,20)21/h4-7H,8-11H2,1-3H3,(H2,22,23,24,25,26). The number of halogens is 3. The maximum atomic E-state index is 12.7. The first-order valence-corrected chi connectivity index (χ1v) is 9.45. The smallest absolute Gasteiger partial charge is 0.420 e. The van der Waals surface area contributed by atoms with E-state index in [1.807, 2.05) is 25.7 Å². The van der Waals surface area contributed by atoms with Crippen molar-refractivity contribution in [2.45, 2.75) is 31.9 Å². The van der Waals surface area contributed by atoms with E-state index in [1.54, 1.807) is 12.1 Å². The minimum absolute atomic E-state index is 0.0599. The maximum absolute atomic E-state index is 12.7. The summed E-state index contributed by atoms with van der Waals surface area (Å²) in [4.78, 5) is 15.4. The molecular weight excluding hydrogens is 406 g/mol. The molecule has 0 amide bonds. The van der Waals surface area contributed by atoms with E-state index >= 15 is 0 Å². The Morgan fingerprint density at radius 1 is 1.03 bits per heavy atom. The first kappa shape index (κ1) is 21.3. The first-order chi connectivity index (χ1) is 13.6. The summed E-state index contributed by atoms with van der Waals surface area (Å²) in [6, 6.07) is 5.87. The molecular formula is C18H23ClF2N6O2. The summed E-state index contributed by atoms with van der Waals surface area (Å²) in [5, 5.41) is 6.31. The summed E-state index contributed by atoms with van der Waals surface area (Å²) in [6.45, 7) is 8.57. The number of rotatable bonds is 6. The molecule has 0 bridgehead atoms. The molecule has 1 aromatic carbocycles. The van der Waals surface area contributed by atoms with Gasteiger partial charge in [0.2, 0.25) is 17.8 Å². The minimum Gasteiger partial charge on any atom is -0.420 e. The fraction of sp³-hybridized carbons (Fsp3) is 0.500. The SMILES string of the molecule is CC(C)(C)Nc1nc(Nc2ccc(OC(F)(F)Cl)cc2)nc(N2CCOCC2)n1. The Bertz CT molecular complexity index is 821. The van der Waals surface area contributed by atoms with Crippen LogP contribution in [0.4, 0.5) is 32.3 Å². The molecule has 0 spiro atoms. The van der Waals surface area contributed by atoms with Gasteiger partial charge in [-0.3, -0.25) is 0 Å². The molecule has 3 rings (SSSR count). The Balaban J connectivity index is 1.82. The van der Waals surface area contributed by atoms with Crippen LogP contribution in [0.2, 0.25) is 0 Å². The van der Waals surface area contributed by atoms with Gasteiger partial charge in [-0.25, -0.2) is 0 Å². The van der Waals surface area contributed by atoms with Crippen molar-refractivity contribution >= 4 is 35.1 Å². The molecule has 0 radical (unpaired) electrons. The molecule has 2 N–H and O–H groups in total. The molecule has 1 aliphatic rings. The number of morpholine rings is 1. The van der Waals surface area contributed by atoms with Crippen LogP contribution >= 0.6 is 11.6 Å². The zero-order chi connectivity index (χ0) is 21.1. The number of alkyl halides is 3. The van der Waals surface area contributed by atoms with Gasteiger partial charge in [-0.2, -0.15) is 15.0 Å². The predicted octanol–water partition coefficient (Wildman–Crippen LogP) is 3.83. The van der Waals surface area contributed by atoms with E-state index in [0.29, 0.717) is 49.8 Å². The average molecular weight is 429 g/mol. The second kappa shape index (κ2) is 8.50. The quantitative estimate of drug-likeness (QED) is 0.671. The molecule has 0 aliphatic carbocycles. The van der Waals surface area contributed by atoms with Crippen LogP contribution in [0.15, 0.2) is 24.3 Å². The molecule has 1 aromatic heterocycles. The van der Waals surface area contributed by atoms with Crippen LogP contribution in [0, 0.1) is 0 Å². The number of aromatic nitrogens is 3. The highest BCUT2D eigenvalue weighted by molar-refractivity contribution is 6.20. The summed E-state index contributed by atoms with van der Waals surface area (Å²) in [5.74, 6) is 1.22. The Morgan fingerprint density at radius 2 is 1.66 bits per heavy atom. The van der Waals surface area contributed by atoms with Crippen molar-refractivity contribution < 1.29 is 18.3 Å². The van der Waals surface area contributed by atoms with Gasteiger partial charge in [0.05, 0.1) is 13.2 Å². The normalized spacial score (nSPS) is 15.2. The van der Waals surface area contributed by atoms with Gasteiger partial charge in [-0.05, 0) is 45.0 Å². The van der Waals surface area contributed by atoms with Gasteiger partial charge in [-0.1, -0.05) is 0 Å². The average Bonchev–Trinajstić information content (AvgIpc) is 2.61. The van der Waals surface area contributed by atoms with Crippen LogP contribution in [0.5, 0.6) is 5.75 Å². The molecule has 1 saturated heterocycles. The van der Waals surface area contributed by atoms with Gasteiger partial charge in [0.25, 0.3) is 0 Å². The van der Waals surface area contributed by atoms with Gasteiger partial charge in [-0.15, -0.1) is 8.78 Å². The maximum Gasteiger partial charge on any atom is 0.487 e. The zero-order valence-corrected chi connectivity index (χ0v) is 17.1. The number of hydrogen-bond donors (Lipinski definition) is 2. The molecule has 0 atom stereocenters. The second-order valence-corrected chi connectivity index (χ2v) is 7.89. The van der Waals surface area contributed by atoms with Gasteiger partial charge in [0.15, 0.2) is 0 Å². The number of nitrogens with zero attached hydrogens (tertiary/aromatic N) is 4. The highest BCUT2D eigenvalue weighted by atomic mass is 35.5. The molecule has 8 nitrogen and oxygen atoms in total. The third-order valence-corrected chi connectivity index (χ3v) is 3.83. The molecule has 29 heavy (non-hydrogen) atoms. The molecule has 0 unspecified atom stereocenters. The van der Waals surface area contributed by atoms with E-state index in [1.165, 1.54) is 12.1 Å².